The summed E-state index contributed by atoms with van der Waals surface area (Å²) in [5.41, 5.74) is 6.81. The van der Waals surface area contributed by atoms with Crippen LogP contribution in [0.5, 0.6) is 0 Å². The fourth-order valence-electron chi connectivity index (χ4n) is 1.85. The minimum absolute atomic E-state index is 0.285. The van der Waals surface area contributed by atoms with Crippen molar-refractivity contribution in [3.8, 4) is 0 Å². The number of pyridine rings is 1. The summed E-state index contributed by atoms with van der Waals surface area (Å²) >= 11 is 4.94. The van der Waals surface area contributed by atoms with Gasteiger partial charge in [-0.2, -0.15) is 0 Å². The van der Waals surface area contributed by atoms with Gasteiger partial charge >= 0.3 is 0 Å². The maximum absolute atomic E-state index is 13.9. The van der Waals surface area contributed by atoms with E-state index in [0.29, 0.717) is 23.0 Å². The van der Waals surface area contributed by atoms with Crippen LogP contribution in [0.3, 0.4) is 0 Å². The molecule has 1 aromatic carbocycles. The van der Waals surface area contributed by atoms with E-state index in [1.54, 1.807) is 41.4 Å². The number of aromatic nitrogens is 1. The lowest BCUT2D eigenvalue weighted by Crippen LogP contribution is -2.19. The second kappa shape index (κ2) is 5.75. The average Bonchev–Trinajstić information content (AvgIpc) is 2.42. The second-order valence-electron chi connectivity index (χ2n) is 3.96. The summed E-state index contributed by atoms with van der Waals surface area (Å²) in [6.45, 7) is 2.52. The minimum Gasteiger partial charge on any atom is -0.389 e. The van der Waals surface area contributed by atoms with Crippen molar-refractivity contribution in [3.63, 3.8) is 0 Å². The highest BCUT2D eigenvalue weighted by atomic mass is 32.1. The Morgan fingerprint density at radius 1 is 1.37 bits per heavy atom. The number of para-hydroxylation sites is 1. The molecule has 3 nitrogen and oxygen atoms in total. The van der Waals surface area contributed by atoms with Crippen LogP contribution in [-0.2, 0) is 0 Å². The molecule has 0 aliphatic carbocycles. The van der Waals surface area contributed by atoms with Gasteiger partial charge in [0.2, 0.25) is 0 Å². The first-order valence-electron chi connectivity index (χ1n) is 5.91. The molecule has 2 rings (SSSR count). The molecule has 0 spiro atoms. The lowest BCUT2D eigenvalue weighted by molar-refractivity contribution is 0.625. The van der Waals surface area contributed by atoms with E-state index in [1.165, 1.54) is 6.07 Å². The summed E-state index contributed by atoms with van der Waals surface area (Å²) in [5, 5.41) is 0. The predicted molar refractivity (Wildman–Crippen MR) is 79.2 cm³/mol. The third-order valence-electron chi connectivity index (χ3n) is 2.77. The van der Waals surface area contributed by atoms with Gasteiger partial charge in [-0.15, -0.1) is 0 Å². The van der Waals surface area contributed by atoms with E-state index >= 15 is 0 Å². The Morgan fingerprint density at radius 2 is 2.11 bits per heavy atom. The molecule has 0 atom stereocenters. The van der Waals surface area contributed by atoms with Gasteiger partial charge in [0, 0.05) is 18.3 Å². The zero-order valence-electron chi connectivity index (χ0n) is 10.5. The van der Waals surface area contributed by atoms with Crippen LogP contribution < -0.4 is 10.6 Å². The fraction of sp³-hybridized carbons (Fsp3) is 0.143. The number of benzene rings is 1. The Labute approximate surface area is 116 Å². The first-order valence-corrected chi connectivity index (χ1v) is 6.32. The molecule has 19 heavy (non-hydrogen) atoms. The predicted octanol–water partition coefficient (Wildman–Crippen LogP) is 3.01. The van der Waals surface area contributed by atoms with Gasteiger partial charge in [-0.1, -0.05) is 24.4 Å². The highest BCUT2D eigenvalue weighted by Gasteiger charge is 2.13. The van der Waals surface area contributed by atoms with Gasteiger partial charge in [0.15, 0.2) is 0 Å². The number of hydrogen-bond donors (Lipinski definition) is 1. The van der Waals surface area contributed by atoms with Gasteiger partial charge in [-0.25, -0.2) is 9.37 Å². The van der Waals surface area contributed by atoms with E-state index in [4.69, 9.17) is 18.0 Å². The summed E-state index contributed by atoms with van der Waals surface area (Å²) in [4.78, 5) is 6.33. The molecular formula is C14H14FN3S. The largest absolute Gasteiger partial charge is 0.389 e. The first kappa shape index (κ1) is 13.4. The molecule has 0 aliphatic heterocycles. The maximum atomic E-state index is 13.9. The monoisotopic (exact) mass is 275 g/mol. The molecule has 0 amide bonds. The maximum Gasteiger partial charge on any atom is 0.146 e. The van der Waals surface area contributed by atoms with Crippen LogP contribution in [-0.4, -0.2) is 16.5 Å². The quantitative estimate of drug-likeness (QED) is 0.871. The molecule has 0 radical (unpaired) electrons. The van der Waals surface area contributed by atoms with Crippen LogP contribution in [0, 0.1) is 5.82 Å². The molecule has 98 valence electrons. The van der Waals surface area contributed by atoms with E-state index in [9.17, 15) is 4.39 Å². The summed E-state index contributed by atoms with van der Waals surface area (Å²) in [7, 11) is 0. The fourth-order valence-corrected chi connectivity index (χ4v) is 1.97. The number of halogens is 1. The number of rotatable bonds is 4. The van der Waals surface area contributed by atoms with Crippen molar-refractivity contribution in [2.24, 2.45) is 5.73 Å². The number of anilines is 2. The Kier molecular flexibility index (Phi) is 4.06. The summed E-state index contributed by atoms with van der Waals surface area (Å²) in [6.07, 6.45) is 1.62. The van der Waals surface area contributed by atoms with Gasteiger partial charge in [0.05, 0.1) is 5.69 Å². The molecule has 0 saturated heterocycles. The van der Waals surface area contributed by atoms with E-state index in [2.05, 4.69) is 4.98 Å². The third-order valence-corrected chi connectivity index (χ3v) is 3.00. The second-order valence-corrected chi connectivity index (χ2v) is 4.40. The summed E-state index contributed by atoms with van der Waals surface area (Å²) in [6, 6.07) is 10.1. The molecule has 1 aromatic heterocycles. The summed E-state index contributed by atoms with van der Waals surface area (Å²) in [5.74, 6) is 0.338. The Morgan fingerprint density at radius 3 is 2.74 bits per heavy atom. The normalized spacial score (nSPS) is 10.2. The third kappa shape index (κ3) is 2.88. The van der Waals surface area contributed by atoms with Crippen molar-refractivity contribution in [1.82, 2.24) is 4.98 Å². The molecule has 5 heteroatoms. The molecule has 0 unspecified atom stereocenters. The average molecular weight is 275 g/mol. The standard InChI is InChI=1S/C14H14FN3S/c1-2-18(12-6-4-3-5-11(12)15)13-9-10(14(16)19)7-8-17-13/h3-9H,2H2,1H3,(H2,16,19). The number of thiocarbonyl (C=S) groups is 1. The molecular weight excluding hydrogens is 261 g/mol. The zero-order valence-corrected chi connectivity index (χ0v) is 11.3. The van der Waals surface area contributed by atoms with Crippen LogP contribution in [0.2, 0.25) is 0 Å². The molecule has 1 heterocycles. The van der Waals surface area contributed by atoms with Crippen LogP contribution in [0.15, 0.2) is 42.6 Å². The number of nitrogens with two attached hydrogens (primary N) is 1. The van der Waals surface area contributed by atoms with Crippen LogP contribution in [0.4, 0.5) is 15.9 Å². The van der Waals surface area contributed by atoms with Crippen molar-refractivity contribution in [2.45, 2.75) is 6.92 Å². The highest BCUT2D eigenvalue weighted by Crippen LogP contribution is 2.26. The molecule has 0 fully saturated rings. The Balaban J connectivity index is 2.45. The van der Waals surface area contributed by atoms with E-state index in [0.717, 1.165) is 5.56 Å². The van der Waals surface area contributed by atoms with E-state index in [1.807, 2.05) is 6.92 Å². The molecule has 0 aliphatic rings. The molecule has 0 saturated carbocycles. The van der Waals surface area contributed by atoms with Crippen molar-refractivity contribution < 1.29 is 4.39 Å². The van der Waals surface area contributed by atoms with Crippen LogP contribution in [0.1, 0.15) is 12.5 Å². The highest BCUT2D eigenvalue weighted by molar-refractivity contribution is 7.80. The zero-order chi connectivity index (χ0) is 13.8. The Hall–Kier alpha value is -2.01. The smallest absolute Gasteiger partial charge is 0.146 e. The molecule has 2 aromatic rings. The van der Waals surface area contributed by atoms with Gasteiger partial charge in [-0.05, 0) is 31.2 Å². The molecule has 2 N–H and O–H groups in total. The number of hydrogen-bond acceptors (Lipinski definition) is 3. The van der Waals surface area contributed by atoms with E-state index < -0.39 is 0 Å². The van der Waals surface area contributed by atoms with Crippen molar-refractivity contribution >= 4 is 28.7 Å². The SMILES string of the molecule is CCN(c1cc(C(N)=S)ccn1)c1ccccc1F. The topological polar surface area (TPSA) is 42.1 Å². The number of nitrogens with zero attached hydrogens (tertiary/aromatic N) is 2. The van der Waals surface area contributed by atoms with Crippen LogP contribution >= 0.6 is 12.2 Å². The van der Waals surface area contributed by atoms with Gasteiger partial charge < -0.3 is 10.6 Å². The van der Waals surface area contributed by atoms with Gasteiger partial charge in [0.25, 0.3) is 0 Å². The lowest BCUT2D eigenvalue weighted by Gasteiger charge is -2.22. The van der Waals surface area contributed by atoms with Crippen molar-refractivity contribution in [1.29, 1.82) is 0 Å². The van der Waals surface area contributed by atoms with E-state index in [-0.39, 0.29) is 5.82 Å². The lowest BCUT2D eigenvalue weighted by atomic mass is 10.2. The minimum atomic E-state index is -0.285. The van der Waals surface area contributed by atoms with Crippen molar-refractivity contribution in [2.75, 3.05) is 11.4 Å². The van der Waals surface area contributed by atoms with Crippen molar-refractivity contribution in [3.05, 3.63) is 54.0 Å². The van der Waals surface area contributed by atoms with Gasteiger partial charge in [-0.3, -0.25) is 0 Å². The summed E-state index contributed by atoms with van der Waals surface area (Å²) < 4.78 is 13.9. The first-order chi connectivity index (χ1) is 9.13. The van der Waals surface area contributed by atoms with Gasteiger partial charge in [0.1, 0.15) is 16.6 Å². The Bertz CT molecular complexity index is 601. The van der Waals surface area contributed by atoms with Crippen LogP contribution in [0.25, 0.3) is 0 Å². The molecule has 0 bridgehead atoms.